The number of hydrogen-bond acceptors (Lipinski definition) is 1. The summed E-state index contributed by atoms with van der Waals surface area (Å²) in [6.07, 6.45) is 3.80. The van der Waals surface area contributed by atoms with Gasteiger partial charge in [-0.15, -0.1) is 6.58 Å². The zero-order valence-corrected chi connectivity index (χ0v) is 7.26. The van der Waals surface area contributed by atoms with Crippen LogP contribution >= 0.6 is 0 Å². The van der Waals surface area contributed by atoms with Crippen molar-refractivity contribution >= 4 is 5.91 Å². The summed E-state index contributed by atoms with van der Waals surface area (Å²) < 4.78 is 0. The second-order valence-corrected chi connectivity index (χ2v) is 3.45. The topological polar surface area (TPSA) is 20.3 Å². The molecule has 11 heavy (non-hydrogen) atoms. The van der Waals surface area contributed by atoms with Crippen LogP contribution in [0.5, 0.6) is 0 Å². The molecular formula is C9H15NO. The lowest BCUT2D eigenvalue weighted by Gasteiger charge is -2.35. The molecule has 62 valence electrons. The summed E-state index contributed by atoms with van der Waals surface area (Å²) in [6, 6.07) is 0. The Bertz CT molecular complexity index is 188. The van der Waals surface area contributed by atoms with E-state index in [1.807, 2.05) is 14.0 Å². The van der Waals surface area contributed by atoms with Crippen molar-refractivity contribution in [2.75, 3.05) is 13.6 Å². The highest BCUT2D eigenvalue weighted by Gasteiger charge is 2.35. The monoisotopic (exact) mass is 153 g/mol. The molecule has 1 heterocycles. The molecule has 0 aromatic carbocycles. The predicted octanol–water partition coefficient (Wildman–Crippen LogP) is 1.43. The molecule has 0 aromatic heterocycles. The highest BCUT2D eigenvalue weighted by atomic mass is 16.2. The lowest BCUT2D eigenvalue weighted by molar-refractivity contribution is -0.140. The molecule has 0 bridgehead atoms. The van der Waals surface area contributed by atoms with E-state index >= 15 is 0 Å². The van der Waals surface area contributed by atoms with Gasteiger partial charge in [0.1, 0.15) is 0 Å². The zero-order chi connectivity index (χ0) is 8.48. The summed E-state index contributed by atoms with van der Waals surface area (Å²) in [5.74, 6) is 0.207. The zero-order valence-electron chi connectivity index (χ0n) is 7.26. The fraction of sp³-hybridized carbons (Fsp3) is 0.667. The van der Waals surface area contributed by atoms with Crippen LogP contribution in [0.4, 0.5) is 0 Å². The van der Waals surface area contributed by atoms with Crippen molar-refractivity contribution in [1.29, 1.82) is 0 Å². The third-order valence-corrected chi connectivity index (χ3v) is 2.48. The molecule has 0 radical (unpaired) electrons. The van der Waals surface area contributed by atoms with E-state index < -0.39 is 0 Å². The van der Waals surface area contributed by atoms with Gasteiger partial charge in [0.25, 0.3) is 0 Å². The molecule has 0 N–H and O–H groups in total. The van der Waals surface area contributed by atoms with Gasteiger partial charge < -0.3 is 4.90 Å². The molecule has 0 aliphatic carbocycles. The summed E-state index contributed by atoms with van der Waals surface area (Å²) in [5.41, 5.74) is -0.299. The van der Waals surface area contributed by atoms with Crippen LogP contribution in [-0.4, -0.2) is 24.4 Å². The van der Waals surface area contributed by atoms with Crippen LogP contribution < -0.4 is 0 Å². The Hall–Kier alpha value is -0.790. The summed E-state index contributed by atoms with van der Waals surface area (Å²) in [5, 5.41) is 0. The van der Waals surface area contributed by atoms with Crippen molar-refractivity contribution in [3.8, 4) is 0 Å². The van der Waals surface area contributed by atoms with Gasteiger partial charge in [0.15, 0.2) is 0 Å². The average Bonchev–Trinajstić information content (AvgIpc) is 2.00. The van der Waals surface area contributed by atoms with Crippen LogP contribution in [0.2, 0.25) is 0 Å². The van der Waals surface area contributed by atoms with Gasteiger partial charge in [-0.05, 0) is 19.8 Å². The van der Waals surface area contributed by atoms with Crippen molar-refractivity contribution in [2.24, 2.45) is 5.41 Å². The molecule has 2 heteroatoms. The number of rotatable bonds is 1. The van der Waals surface area contributed by atoms with Gasteiger partial charge in [-0.2, -0.15) is 0 Å². The molecule has 1 atom stereocenters. The number of nitrogens with zero attached hydrogens (tertiary/aromatic N) is 1. The van der Waals surface area contributed by atoms with Gasteiger partial charge in [0.05, 0.1) is 5.41 Å². The third kappa shape index (κ3) is 1.30. The predicted molar refractivity (Wildman–Crippen MR) is 45.2 cm³/mol. The van der Waals surface area contributed by atoms with Crippen LogP contribution in [-0.2, 0) is 4.79 Å². The van der Waals surface area contributed by atoms with Crippen LogP contribution in [0.25, 0.3) is 0 Å². The standard InChI is InChI=1S/C9H15NO/c1-4-9(2)6-5-7-10(3)8(9)11/h4H,1,5-7H2,2-3H3. The van der Waals surface area contributed by atoms with Crippen LogP contribution in [0.1, 0.15) is 19.8 Å². The smallest absolute Gasteiger partial charge is 0.232 e. The first-order valence-corrected chi connectivity index (χ1v) is 3.99. The number of piperidine rings is 1. The van der Waals surface area contributed by atoms with Gasteiger partial charge in [-0.25, -0.2) is 0 Å². The first-order valence-electron chi connectivity index (χ1n) is 3.99. The van der Waals surface area contributed by atoms with E-state index in [0.717, 1.165) is 19.4 Å². The van der Waals surface area contributed by atoms with Crippen molar-refractivity contribution in [3.63, 3.8) is 0 Å². The number of carbonyl (C=O) groups is 1. The molecule has 0 aromatic rings. The van der Waals surface area contributed by atoms with Crippen molar-refractivity contribution in [2.45, 2.75) is 19.8 Å². The Labute approximate surface area is 67.9 Å². The number of carbonyl (C=O) groups excluding carboxylic acids is 1. The average molecular weight is 153 g/mol. The number of hydrogen-bond donors (Lipinski definition) is 0. The first-order chi connectivity index (χ1) is 5.10. The van der Waals surface area contributed by atoms with Crippen molar-refractivity contribution in [3.05, 3.63) is 12.7 Å². The largest absolute Gasteiger partial charge is 0.345 e. The van der Waals surface area contributed by atoms with Crippen LogP contribution in [0.3, 0.4) is 0 Å². The first kappa shape index (κ1) is 8.31. The van der Waals surface area contributed by atoms with Gasteiger partial charge >= 0.3 is 0 Å². The maximum atomic E-state index is 11.5. The quantitative estimate of drug-likeness (QED) is 0.522. The normalized spacial score (nSPS) is 32.2. The van der Waals surface area contributed by atoms with E-state index in [4.69, 9.17) is 0 Å². The molecule has 1 aliphatic rings. The molecule has 1 rings (SSSR count). The van der Waals surface area contributed by atoms with Gasteiger partial charge in [0, 0.05) is 13.6 Å². The minimum Gasteiger partial charge on any atom is -0.345 e. The Morgan fingerprint density at radius 2 is 2.36 bits per heavy atom. The fourth-order valence-corrected chi connectivity index (χ4v) is 1.52. The minimum atomic E-state index is -0.299. The number of likely N-dealkylation sites (tertiary alicyclic amines) is 1. The molecule has 1 fully saturated rings. The molecule has 0 saturated carbocycles. The van der Waals surface area contributed by atoms with Crippen LogP contribution in [0, 0.1) is 5.41 Å². The lowest BCUT2D eigenvalue weighted by Crippen LogP contribution is -2.43. The third-order valence-electron chi connectivity index (χ3n) is 2.48. The molecule has 1 saturated heterocycles. The molecular weight excluding hydrogens is 138 g/mol. The van der Waals surface area contributed by atoms with Gasteiger partial charge in [-0.3, -0.25) is 4.79 Å². The lowest BCUT2D eigenvalue weighted by atomic mass is 9.81. The Morgan fingerprint density at radius 3 is 2.82 bits per heavy atom. The van der Waals surface area contributed by atoms with Gasteiger partial charge in [0.2, 0.25) is 5.91 Å². The van der Waals surface area contributed by atoms with E-state index in [9.17, 15) is 4.79 Å². The number of amides is 1. The highest BCUT2D eigenvalue weighted by molar-refractivity contribution is 5.84. The summed E-state index contributed by atoms with van der Waals surface area (Å²) >= 11 is 0. The second kappa shape index (κ2) is 2.68. The Balaban J connectivity index is 2.80. The van der Waals surface area contributed by atoms with Crippen LogP contribution in [0.15, 0.2) is 12.7 Å². The van der Waals surface area contributed by atoms with Crippen molar-refractivity contribution in [1.82, 2.24) is 4.90 Å². The molecule has 0 spiro atoms. The SMILES string of the molecule is C=CC1(C)CCCN(C)C1=O. The summed E-state index contributed by atoms with van der Waals surface area (Å²) in [4.78, 5) is 13.3. The van der Waals surface area contributed by atoms with E-state index in [0.29, 0.717) is 0 Å². The fourth-order valence-electron chi connectivity index (χ4n) is 1.52. The second-order valence-electron chi connectivity index (χ2n) is 3.45. The molecule has 1 aliphatic heterocycles. The van der Waals surface area contributed by atoms with E-state index in [-0.39, 0.29) is 11.3 Å². The minimum absolute atomic E-state index is 0.207. The summed E-state index contributed by atoms with van der Waals surface area (Å²) in [6.45, 7) is 6.54. The van der Waals surface area contributed by atoms with E-state index in [2.05, 4.69) is 6.58 Å². The maximum Gasteiger partial charge on any atom is 0.232 e. The van der Waals surface area contributed by atoms with Gasteiger partial charge in [-0.1, -0.05) is 6.08 Å². The highest BCUT2D eigenvalue weighted by Crippen LogP contribution is 2.30. The molecule has 1 amide bonds. The maximum absolute atomic E-state index is 11.5. The van der Waals surface area contributed by atoms with Crippen molar-refractivity contribution < 1.29 is 4.79 Å². The summed E-state index contributed by atoms with van der Waals surface area (Å²) in [7, 11) is 1.85. The van der Waals surface area contributed by atoms with E-state index in [1.165, 1.54) is 0 Å². The Kier molecular flexibility index (Phi) is 2.03. The Morgan fingerprint density at radius 1 is 1.73 bits per heavy atom. The molecule has 1 unspecified atom stereocenters. The molecule has 2 nitrogen and oxygen atoms in total. The van der Waals surface area contributed by atoms with E-state index in [1.54, 1.807) is 11.0 Å².